The molecule has 23 heavy (non-hydrogen) atoms. The Morgan fingerprint density at radius 2 is 2.04 bits per heavy atom. The number of fused-ring (bicyclic) bond motifs is 1. The second kappa shape index (κ2) is 5.36. The van der Waals surface area contributed by atoms with Crippen LogP contribution >= 0.6 is 0 Å². The highest BCUT2D eigenvalue weighted by molar-refractivity contribution is 7.90. The lowest BCUT2D eigenvalue weighted by Crippen LogP contribution is -2.10. The van der Waals surface area contributed by atoms with Crippen molar-refractivity contribution < 1.29 is 23.1 Å². The van der Waals surface area contributed by atoms with E-state index in [0.29, 0.717) is 10.9 Å². The summed E-state index contributed by atoms with van der Waals surface area (Å²) in [5, 5.41) is 16.6. The van der Waals surface area contributed by atoms with E-state index in [4.69, 9.17) is 4.74 Å². The molecule has 8 nitrogen and oxygen atoms in total. The number of pyridine rings is 1. The van der Waals surface area contributed by atoms with Gasteiger partial charge in [-0.1, -0.05) is 0 Å². The molecule has 0 atom stereocenters. The van der Waals surface area contributed by atoms with Crippen LogP contribution in [0.3, 0.4) is 0 Å². The summed E-state index contributed by atoms with van der Waals surface area (Å²) in [5.41, 5.74) is 0.757. The number of nitrogens with one attached hydrogen (secondary N) is 1. The average Bonchev–Trinajstić information content (AvgIpc) is 2.96. The number of esters is 1. The summed E-state index contributed by atoms with van der Waals surface area (Å²) in [6.07, 6.45) is 5.26. The van der Waals surface area contributed by atoms with Crippen molar-refractivity contribution in [2.24, 2.45) is 0 Å². The van der Waals surface area contributed by atoms with Crippen LogP contribution in [0.4, 0.5) is 0 Å². The van der Waals surface area contributed by atoms with Gasteiger partial charge in [-0.2, -0.15) is 5.10 Å². The molecule has 0 spiro atoms. The Morgan fingerprint density at radius 3 is 2.78 bits per heavy atom. The van der Waals surface area contributed by atoms with Crippen molar-refractivity contribution in [3.05, 3.63) is 42.4 Å². The molecule has 2 heterocycles. The molecule has 0 bridgehead atoms. The third kappa shape index (κ3) is 2.86. The second-order valence-electron chi connectivity index (χ2n) is 4.81. The number of carbonyl (C=O) groups excluding carboxylic acids is 1. The number of aromatic hydroxyl groups is 1. The van der Waals surface area contributed by atoms with Crippen molar-refractivity contribution >= 4 is 26.7 Å². The fourth-order valence-electron chi connectivity index (χ4n) is 2.04. The summed E-state index contributed by atoms with van der Waals surface area (Å²) < 4.78 is 28.3. The molecule has 3 aromatic rings. The van der Waals surface area contributed by atoms with Crippen LogP contribution in [-0.2, 0) is 9.84 Å². The van der Waals surface area contributed by atoms with Crippen LogP contribution in [0.2, 0.25) is 0 Å². The molecular weight excluding hydrogens is 322 g/mol. The molecule has 2 N–H and O–H groups in total. The number of ether oxygens (including phenoxy) is 1. The topological polar surface area (TPSA) is 122 Å². The highest BCUT2D eigenvalue weighted by Crippen LogP contribution is 2.28. The Kier molecular flexibility index (Phi) is 3.49. The highest BCUT2D eigenvalue weighted by Gasteiger charge is 2.18. The number of sulfone groups is 1. The van der Waals surface area contributed by atoms with Crippen LogP contribution in [0.25, 0.3) is 10.9 Å². The van der Waals surface area contributed by atoms with Crippen molar-refractivity contribution in [2.45, 2.75) is 4.90 Å². The molecule has 0 aliphatic rings. The van der Waals surface area contributed by atoms with Crippen LogP contribution in [0, 0.1) is 0 Å². The molecule has 2 aromatic heterocycles. The number of hydrogen-bond donors (Lipinski definition) is 2. The Hall–Kier alpha value is -2.94. The van der Waals surface area contributed by atoms with Gasteiger partial charge in [0.25, 0.3) is 0 Å². The van der Waals surface area contributed by atoms with E-state index in [2.05, 4.69) is 15.2 Å². The molecule has 118 valence electrons. The maximum atomic E-state index is 12.3. The summed E-state index contributed by atoms with van der Waals surface area (Å²) in [4.78, 5) is 15.8. The Morgan fingerprint density at radius 1 is 1.26 bits per heavy atom. The summed E-state index contributed by atoms with van der Waals surface area (Å²) in [6, 6.07) is 3.53. The predicted octanol–water partition coefficient (Wildman–Crippen LogP) is 1.29. The maximum absolute atomic E-state index is 12.3. The van der Waals surface area contributed by atoms with E-state index in [9.17, 15) is 18.3 Å². The van der Waals surface area contributed by atoms with Gasteiger partial charge in [-0.05, 0) is 12.1 Å². The number of carbonyl (C=O) groups is 1. The predicted molar refractivity (Wildman–Crippen MR) is 80.1 cm³/mol. The van der Waals surface area contributed by atoms with Gasteiger partial charge in [0, 0.05) is 23.9 Å². The van der Waals surface area contributed by atoms with Crippen molar-refractivity contribution in [3.8, 4) is 11.5 Å². The fraction of sp³-hybridized carbons (Fsp3) is 0.0714. The lowest BCUT2D eigenvalue weighted by atomic mass is 10.2. The number of phenols is 1. The largest absolute Gasteiger partial charge is 0.507 e. The number of aromatic amines is 1. The summed E-state index contributed by atoms with van der Waals surface area (Å²) in [5.74, 6) is -1.13. The van der Waals surface area contributed by atoms with Gasteiger partial charge in [-0.25, -0.2) is 13.2 Å². The van der Waals surface area contributed by atoms with Crippen molar-refractivity contribution in [2.75, 3.05) is 6.26 Å². The van der Waals surface area contributed by atoms with Gasteiger partial charge in [0.1, 0.15) is 16.4 Å². The minimum Gasteiger partial charge on any atom is -0.507 e. The molecule has 0 saturated heterocycles. The number of phenolic OH excluding ortho intramolecular Hbond substituents is 1. The number of H-pyrrole nitrogens is 1. The van der Waals surface area contributed by atoms with Crippen LogP contribution in [0.1, 0.15) is 10.4 Å². The third-order valence-electron chi connectivity index (χ3n) is 3.13. The molecule has 1 aromatic carbocycles. The molecule has 0 amide bonds. The van der Waals surface area contributed by atoms with Gasteiger partial charge in [-0.3, -0.25) is 10.1 Å². The zero-order valence-corrected chi connectivity index (χ0v) is 12.7. The maximum Gasteiger partial charge on any atom is 0.345 e. The smallest absolute Gasteiger partial charge is 0.345 e. The minimum absolute atomic E-state index is 0.00581. The standard InChI is InChI=1S/C14H11N3O5S/c1-23(20,21)13-4-8(2-3-12(13)18)22-14(19)10-5-15-7-11-9(10)6-16-17-11/h2-7,18H,1H3,(H,16,17). The monoisotopic (exact) mass is 333 g/mol. The molecular formula is C14H11N3O5S. The quantitative estimate of drug-likeness (QED) is 0.547. The van der Waals surface area contributed by atoms with E-state index in [0.717, 1.165) is 18.4 Å². The van der Waals surface area contributed by atoms with Crippen molar-refractivity contribution in [3.63, 3.8) is 0 Å². The van der Waals surface area contributed by atoms with Gasteiger partial charge in [-0.15, -0.1) is 0 Å². The average molecular weight is 333 g/mol. The Labute approximate surface area is 130 Å². The van der Waals surface area contributed by atoms with E-state index in [-0.39, 0.29) is 16.2 Å². The summed E-state index contributed by atoms with van der Waals surface area (Å²) >= 11 is 0. The highest BCUT2D eigenvalue weighted by atomic mass is 32.2. The first-order valence-electron chi connectivity index (χ1n) is 6.38. The normalized spacial score (nSPS) is 11.5. The summed E-state index contributed by atoms with van der Waals surface area (Å²) in [7, 11) is -3.65. The molecule has 0 fully saturated rings. The van der Waals surface area contributed by atoms with Gasteiger partial charge < -0.3 is 9.84 Å². The van der Waals surface area contributed by atoms with Gasteiger partial charge >= 0.3 is 5.97 Å². The molecule has 0 aliphatic carbocycles. The van der Waals surface area contributed by atoms with Gasteiger partial charge in [0.15, 0.2) is 9.84 Å². The van der Waals surface area contributed by atoms with Gasteiger partial charge in [0.2, 0.25) is 0 Å². The van der Waals surface area contributed by atoms with E-state index in [1.54, 1.807) is 0 Å². The van der Waals surface area contributed by atoms with Crippen LogP contribution < -0.4 is 4.74 Å². The Balaban J connectivity index is 1.96. The fourth-order valence-corrected chi connectivity index (χ4v) is 2.82. The second-order valence-corrected chi connectivity index (χ2v) is 6.79. The molecule has 0 aliphatic heterocycles. The van der Waals surface area contributed by atoms with E-state index in [1.807, 2.05) is 0 Å². The van der Waals surface area contributed by atoms with E-state index in [1.165, 1.54) is 24.7 Å². The van der Waals surface area contributed by atoms with Crippen LogP contribution in [0.5, 0.6) is 11.5 Å². The molecule has 3 rings (SSSR count). The summed E-state index contributed by atoms with van der Waals surface area (Å²) in [6.45, 7) is 0. The lowest BCUT2D eigenvalue weighted by Gasteiger charge is -2.07. The zero-order chi connectivity index (χ0) is 16.6. The first-order valence-corrected chi connectivity index (χ1v) is 8.28. The number of aromatic nitrogens is 3. The van der Waals surface area contributed by atoms with Gasteiger partial charge in [0.05, 0.1) is 23.5 Å². The molecule has 0 radical (unpaired) electrons. The lowest BCUT2D eigenvalue weighted by molar-refractivity contribution is 0.0735. The van der Waals surface area contributed by atoms with E-state index < -0.39 is 21.6 Å². The van der Waals surface area contributed by atoms with Crippen LogP contribution in [-0.4, -0.2) is 40.9 Å². The number of nitrogens with zero attached hydrogens (tertiary/aromatic N) is 2. The Bertz CT molecular complexity index is 1010. The number of benzene rings is 1. The first-order chi connectivity index (χ1) is 10.9. The first kappa shape index (κ1) is 15.0. The van der Waals surface area contributed by atoms with E-state index >= 15 is 0 Å². The number of rotatable bonds is 3. The molecule has 0 saturated carbocycles. The SMILES string of the molecule is CS(=O)(=O)c1cc(OC(=O)c2cncc3[nH]ncc23)ccc1O. The zero-order valence-electron chi connectivity index (χ0n) is 11.8. The molecule has 0 unspecified atom stereocenters. The van der Waals surface area contributed by atoms with Crippen molar-refractivity contribution in [1.82, 2.24) is 15.2 Å². The number of hydrogen-bond acceptors (Lipinski definition) is 7. The third-order valence-corrected chi connectivity index (χ3v) is 4.25. The van der Waals surface area contributed by atoms with Crippen molar-refractivity contribution in [1.29, 1.82) is 0 Å². The van der Waals surface area contributed by atoms with Crippen LogP contribution in [0.15, 0.2) is 41.7 Å². The minimum atomic E-state index is -3.65. The molecule has 9 heteroatoms.